The molecule has 0 saturated carbocycles. The van der Waals surface area contributed by atoms with Gasteiger partial charge in [-0.3, -0.25) is 0 Å². The molecule has 11 heteroatoms. The predicted molar refractivity (Wildman–Crippen MR) is 68.0 cm³/mol. The maximum absolute atomic E-state index is 12.7. The van der Waals surface area contributed by atoms with Crippen molar-refractivity contribution in [3.63, 3.8) is 0 Å². The second-order valence-corrected chi connectivity index (χ2v) is 4.95. The van der Waals surface area contributed by atoms with Crippen LogP contribution >= 0.6 is 23.2 Å². The Balaban J connectivity index is 2.63. The first-order chi connectivity index (χ1) is 9.93. The molecule has 0 bridgehead atoms. The molecule has 22 heavy (non-hydrogen) atoms. The van der Waals surface area contributed by atoms with E-state index in [0.29, 0.717) is 23.0 Å². The van der Waals surface area contributed by atoms with Crippen LogP contribution in [-0.4, -0.2) is 9.78 Å². The first-order valence-electron chi connectivity index (χ1n) is 5.40. The molecule has 0 spiro atoms. The molecule has 0 aliphatic heterocycles. The van der Waals surface area contributed by atoms with Crippen LogP contribution in [0.3, 0.4) is 0 Å². The number of rotatable bonds is 1. The summed E-state index contributed by atoms with van der Waals surface area (Å²) in [5.41, 5.74) is 2.56. The van der Waals surface area contributed by atoms with Gasteiger partial charge in [-0.15, -0.1) is 0 Å². The van der Waals surface area contributed by atoms with Crippen LogP contribution in [0.5, 0.6) is 0 Å². The van der Waals surface area contributed by atoms with Crippen molar-refractivity contribution < 1.29 is 26.3 Å². The van der Waals surface area contributed by atoms with Crippen LogP contribution in [0.25, 0.3) is 5.69 Å². The fourth-order valence-electron chi connectivity index (χ4n) is 1.69. The number of aromatic nitrogens is 2. The van der Waals surface area contributed by atoms with E-state index in [2.05, 4.69) is 5.10 Å². The minimum absolute atomic E-state index is 0.371. The van der Waals surface area contributed by atoms with Gasteiger partial charge in [-0.2, -0.15) is 31.4 Å². The lowest BCUT2D eigenvalue weighted by Gasteiger charge is -2.13. The highest BCUT2D eigenvalue weighted by Crippen LogP contribution is 2.40. The molecule has 1 aromatic carbocycles. The second kappa shape index (κ2) is 5.24. The predicted octanol–water partition coefficient (Wildman–Crippen LogP) is 4.80. The molecule has 3 nitrogen and oxygen atoms in total. The molecular weight excluding hydrogens is 359 g/mol. The standard InChI is InChI=1S/C11H5Cl2F6N3/c12-6-1-4(10(14,15)16)2-7(13)8(6)22-9(20)5(3-21-22)11(17,18)19/h1-3H,20H2. The number of alkyl halides is 6. The fourth-order valence-corrected chi connectivity index (χ4v) is 2.33. The topological polar surface area (TPSA) is 43.8 Å². The zero-order valence-electron chi connectivity index (χ0n) is 10.2. The summed E-state index contributed by atoms with van der Waals surface area (Å²) in [5, 5.41) is 2.31. The molecule has 0 saturated heterocycles. The molecule has 1 heterocycles. The molecule has 1 aromatic heterocycles. The smallest absolute Gasteiger partial charge is 0.383 e. The van der Waals surface area contributed by atoms with Gasteiger partial charge in [0.2, 0.25) is 0 Å². The molecule has 0 atom stereocenters. The average molecular weight is 364 g/mol. The quantitative estimate of drug-likeness (QED) is 0.739. The number of anilines is 1. The molecule has 0 unspecified atom stereocenters. The van der Waals surface area contributed by atoms with E-state index in [9.17, 15) is 26.3 Å². The Morgan fingerprint density at radius 2 is 1.45 bits per heavy atom. The highest BCUT2D eigenvalue weighted by molar-refractivity contribution is 6.37. The average Bonchev–Trinajstić information content (AvgIpc) is 2.69. The van der Waals surface area contributed by atoms with E-state index >= 15 is 0 Å². The lowest BCUT2D eigenvalue weighted by Crippen LogP contribution is -2.11. The van der Waals surface area contributed by atoms with Crippen LogP contribution in [0.15, 0.2) is 18.3 Å². The molecule has 0 aliphatic carbocycles. The molecule has 0 amide bonds. The SMILES string of the molecule is Nc1c(C(F)(F)F)cnn1-c1c(Cl)cc(C(F)(F)F)cc1Cl. The van der Waals surface area contributed by atoms with Crippen molar-refractivity contribution in [1.82, 2.24) is 9.78 Å². The van der Waals surface area contributed by atoms with Gasteiger partial charge in [-0.25, -0.2) is 4.68 Å². The third-order valence-corrected chi connectivity index (χ3v) is 3.24. The maximum atomic E-state index is 12.7. The van der Waals surface area contributed by atoms with E-state index in [0.717, 1.165) is 0 Å². The molecule has 2 N–H and O–H groups in total. The monoisotopic (exact) mass is 363 g/mol. The van der Waals surface area contributed by atoms with Crippen LogP contribution in [0.2, 0.25) is 10.0 Å². The Morgan fingerprint density at radius 1 is 0.955 bits per heavy atom. The zero-order valence-corrected chi connectivity index (χ0v) is 11.7. The van der Waals surface area contributed by atoms with Crippen molar-refractivity contribution in [3.05, 3.63) is 39.5 Å². The van der Waals surface area contributed by atoms with Crippen LogP contribution in [0.1, 0.15) is 11.1 Å². The zero-order chi connectivity index (χ0) is 16.9. The number of benzene rings is 1. The molecule has 120 valence electrons. The summed E-state index contributed by atoms with van der Waals surface area (Å²) in [4.78, 5) is 0. The summed E-state index contributed by atoms with van der Waals surface area (Å²) in [6.07, 6.45) is -9.05. The summed E-state index contributed by atoms with van der Waals surface area (Å²) in [6.45, 7) is 0. The number of nitrogens with zero attached hydrogens (tertiary/aromatic N) is 2. The summed E-state index contributed by atoms with van der Waals surface area (Å²) in [6, 6.07) is 1.05. The molecule has 0 radical (unpaired) electrons. The third kappa shape index (κ3) is 2.95. The van der Waals surface area contributed by atoms with Gasteiger partial charge in [0.1, 0.15) is 17.1 Å². The number of nitrogens with two attached hydrogens (primary N) is 1. The van der Waals surface area contributed by atoms with Crippen molar-refractivity contribution in [2.75, 3.05) is 5.73 Å². The Labute approximate surface area is 129 Å². The maximum Gasteiger partial charge on any atom is 0.421 e. The van der Waals surface area contributed by atoms with Gasteiger partial charge in [0, 0.05) is 0 Å². The van der Waals surface area contributed by atoms with Crippen molar-refractivity contribution >= 4 is 29.0 Å². The molecular formula is C11H5Cl2F6N3. The summed E-state index contributed by atoms with van der Waals surface area (Å²) in [7, 11) is 0. The fraction of sp³-hybridized carbons (Fsp3) is 0.182. The minimum atomic E-state index is -4.77. The van der Waals surface area contributed by atoms with Gasteiger partial charge in [0.15, 0.2) is 0 Å². The van der Waals surface area contributed by atoms with Crippen LogP contribution in [-0.2, 0) is 12.4 Å². The highest BCUT2D eigenvalue weighted by Gasteiger charge is 2.37. The Bertz CT molecular complexity index is 697. The van der Waals surface area contributed by atoms with Crippen LogP contribution in [0, 0.1) is 0 Å². The number of hydrogen-bond donors (Lipinski definition) is 1. The van der Waals surface area contributed by atoms with E-state index in [-0.39, 0.29) is 5.69 Å². The summed E-state index contributed by atoms with van der Waals surface area (Å²) in [5.74, 6) is -0.837. The molecule has 0 aliphatic rings. The van der Waals surface area contributed by atoms with Gasteiger partial charge < -0.3 is 5.73 Å². The van der Waals surface area contributed by atoms with Crippen molar-refractivity contribution in [2.24, 2.45) is 0 Å². The molecule has 2 aromatic rings. The Hall–Kier alpha value is -1.61. The largest absolute Gasteiger partial charge is 0.421 e. The Morgan fingerprint density at radius 3 is 1.82 bits per heavy atom. The van der Waals surface area contributed by atoms with E-state index in [1.54, 1.807) is 0 Å². The van der Waals surface area contributed by atoms with E-state index in [4.69, 9.17) is 28.9 Å². The van der Waals surface area contributed by atoms with Crippen molar-refractivity contribution in [1.29, 1.82) is 0 Å². The molecule has 0 fully saturated rings. The van der Waals surface area contributed by atoms with Crippen LogP contribution in [0.4, 0.5) is 32.2 Å². The van der Waals surface area contributed by atoms with E-state index < -0.39 is 39.3 Å². The number of nitrogen functional groups attached to an aromatic ring is 1. The van der Waals surface area contributed by atoms with E-state index in [1.807, 2.05) is 0 Å². The van der Waals surface area contributed by atoms with Crippen molar-refractivity contribution in [3.8, 4) is 5.69 Å². The number of halogens is 8. The Kier molecular flexibility index (Phi) is 3.99. The summed E-state index contributed by atoms with van der Waals surface area (Å²) < 4.78 is 76.3. The first-order valence-corrected chi connectivity index (χ1v) is 6.16. The van der Waals surface area contributed by atoms with Gasteiger partial charge in [0.05, 0.1) is 21.8 Å². The van der Waals surface area contributed by atoms with Crippen molar-refractivity contribution in [2.45, 2.75) is 12.4 Å². The van der Waals surface area contributed by atoms with Gasteiger partial charge in [0.25, 0.3) is 0 Å². The van der Waals surface area contributed by atoms with Gasteiger partial charge in [-0.1, -0.05) is 23.2 Å². The minimum Gasteiger partial charge on any atom is -0.383 e. The van der Waals surface area contributed by atoms with Gasteiger partial charge >= 0.3 is 12.4 Å². The highest BCUT2D eigenvalue weighted by atomic mass is 35.5. The molecule has 2 rings (SSSR count). The lowest BCUT2D eigenvalue weighted by molar-refractivity contribution is -0.138. The normalized spacial score (nSPS) is 12.7. The summed E-state index contributed by atoms with van der Waals surface area (Å²) >= 11 is 11.4. The van der Waals surface area contributed by atoms with E-state index in [1.165, 1.54) is 0 Å². The van der Waals surface area contributed by atoms with Gasteiger partial charge in [-0.05, 0) is 12.1 Å². The second-order valence-electron chi connectivity index (χ2n) is 4.14. The van der Waals surface area contributed by atoms with Crippen LogP contribution < -0.4 is 5.73 Å². The number of hydrogen-bond acceptors (Lipinski definition) is 2. The first kappa shape index (κ1) is 16.8. The third-order valence-electron chi connectivity index (χ3n) is 2.67. The lowest BCUT2D eigenvalue weighted by atomic mass is 10.2.